The second kappa shape index (κ2) is 9.90. The van der Waals surface area contributed by atoms with Crippen molar-refractivity contribution < 1.29 is 32.7 Å². The van der Waals surface area contributed by atoms with E-state index in [4.69, 9.17) is 9.57 Å². The van der Waals surface area contributed by atoms with Gasteiger partial charge in [-0.15, -0.1) is 0 Å². The van der Waals surface area contributed by atoms with Gasteiger partial charge in [-0.25, -0.2) is 13.9 Å². The van der Waals surface area contributed by atoms with Crippen LogP contribution in [0.1, 0.15) is 18.4 Å². The molecule has 2 aromatic rings. The van der Waals surface area contributed by atoms with E-state index in [1.54, 1.807) is 0 Å². The number of carboxylic acid groups (broad SMARTS) is 1. The number of benzene rings is 2. The monoisotopic (exact) mass is 448 g/mol. The van der Waals surface area contributed by atoms with Crippen LogP contribution in [0.3, 0.4) is 0 Å². The fourth-order valence-corrected chi connectivity index (χ4v) is 5.02. The Morgan fingerprint density at radius 3 is 2.42 bits per heavy atom. The Kier molecular flexibility index (Phi) is 7.26. The number of nitrogens with zero attached hydrogens (tertiary/aromatic N) is 1. The summed E-state index contributed by atoms with van der Waals surface area (Å²) in [6, 6.07) is 13.7. The van der Waals surface area contributed by atoms with Crippen molar-refractivity contribution >= 4 is 21.9 Å². The van der Waals surface area contributed by atoms with Crippen molar-refractivity contribution in [2.24, 2.45) is 5.92 Å². The number of hydrogen-bond acceptors (Lipinski definition) is 6. The normalized spacial score (nSPS) is 19.5. The summed E-state index contributed by atoms with van der Waals surface area (Å²) in [5.41, 5.74) is 3.09. The van der Waals surface area contributed by atoms with Crippen LogP contribution >= 0.6 is 0 Å². The maximum Gasteiger partial charge on any atom is 0.306 e. The number of nitrogens with one attached hydrogen (secondary N) is 1. The third kappa shape index (κ3) is 5.40. The van der Waals surface area contributed by atoms with E-state index in [0.717, 1.165) is 9.87 Å². The van der Waals surface area contributed by atoms with Gasteiger partial charge < -0.3 is 9.84 Å². The Labute approximate surface area is 180 Å². The highest BCUT2D eigenvalue weighted by atomic mass is 32.2. The van der Waals surface area contributed by atoms with E-state index in [1.165, 1.54) is 31.4 Å². The topological polar surface area (TPSA) is 122 Å². The summed E-state index contributed by atoms with van der Waals surface area (Å²) in [6.07, 6.45) is -0.0371. The molecule has 10 heteroatoms. The molecule has 1 aliphatic rings. The fourth-order valence-electron chi connectivity index (χ4n) is 3.41. The smallest absolute Gasteiger partial charge is 0.306 e. The molecule has 2 N–H and O–H groups in total. The van der Waals surface area contributed by atoms with E-state index in [0.29, 0.717) is 5.75 Å². The average molecular weight is 448 g/mol. The largest absolute Gasteiger partial charge is 0.497 e. The first-order valence-electron chi connectivity index (χ1n) is 9.67. The molecule has 2 aromatic carbocycles. The predicted molar refractivity (Wildman–Crippen MR) is 110 cm³/mol. The molecule has 31 heavy (non-hydrogen) atoms. The van der Waals surface area contributed by atoms with E-state index in [9.17, 15) is 23.1 Å². The molecule has 1 aliphatic heterocycles. The molecular weight excluding hydrogens is 424 g/mol. The predicted octanol–water partition coefficient (Wildman–Crippen LogP) is 1.80. The summed E-state index contributed by atoms with van der Waals surface area (Å²) in [6.45, 7) is -0.00497. The third-order valence-corrected chi connectivity index (χ3v) is 7.05. The van der Waals surface area contributed by atoms with Crippen molar-refractivity contribution in [2.45, 2.75) is 30.4 Å². The SMILES string of the molecule is COc1ccc(S(=O)(=O)N2CC[C@@H](C(=O)O)C[C@@H]2C(=O)NOCc2ccccc2)cc1. The van der Waals surface area contributed by atoms with Gasteiger partial charge in [0.05, 0.1) is 24.5 Å². The number of piperidine rings is 1. The summed E-state index contributed by atoms with van der Waals surface area (Å²) in [5.74, 6) is -2.11. The number of methoxy groups -OCH3 is 1. The summed E-state index contributed by atoms with van der Waals surface area (Å²) in [7, 11) is -2.57. The van der Waals surface area contributed by atoms with E-state index < -0.39 is 33.9 Å². The highest BCUT2D eigenvalue weighted by Crippen LogP contribution is 2.30. The molecule has 166 valence electrons. The molecule has 0 spiro atoms. The minimum absolute atomic E-state index is 0.00919. The first-order chi connectivity index (χ1) is 14.8. The lowest BCUT2D eigenvalue weighted by atomic mass is 9.92. The second-order valence-electron chi connectivity index (χ2n) is 7.11. The molecule has 0 bridgehead atoms. The number of carbonyl (C=O) groups is 2. The van der Waals surface area contributed by atoms with E-state index in [2.05, 4.69) is 5.48 Å². The van der Waals surface area contributed by atoms with Gasteiger partial charge in [0.2, 0.25) is 10.0 Å². The maximum atomic E-state index is 13.2. The lowest BCUT2D eigenvalue weighted by Gasteiger charge is -2.36. The molecule has 1 fully saturated rings. The van der Waals surface area contributed by atoms with Crippen molar-refractivity contribution in [1.29, 1.82) is 0 Å². The van der Waals surface area contributed by atoms with Crippen molar-refractivity contribution in [3.8, 4) is 5.75 Å². The number of carbonyl (C=O) groups excluding carboxylic acids is 1. The number of sulfonamides is 1. The first kappa shape index (κ1) is 22.7. The van der Waals surface area contributed by atoms with Gasteiger partial charge in [0.15, 0.2) is 0 Å². The molecular formula is C21H24N2O7S. The molecule has 9 nitrogen and oxygen atoms in total. The molecule has 0 aromatic heterocycles. The molecule has 1 saturated heterocycles. The van der Waals surface area contributed by atoms with Crippen molar-refractivity contribution in [1.82, 2.24) is 9.79 Å². The van der Waals surface area contributed by atoms with Crippen LogP contribution in [0, 0.1) is 5.92 Å². The summed E-state index contributed by atoms with van der Waals surface area (Å²) < 4.78 is 32.5. The standard InChI is InChI=1S/C21H24N2O7S/c1-29-17-7-9-18(10-8-17)31(27,28)23-12-11-16(21(25)26)13-19(23)20(24)22-30-14-15-5-3-2-4-6-15/h2-10,16,19H,11-14H2,1H3,(H,22,24)(H,25,26)/t16-,19-/m1/s1. The lowest BCUT2D eigenvalue weighted by Crippen LogP contribution is -2.54. The van der Waals surface area contributed by atoms with Crippen LogP contribution in [0.4, 0.5) is 0 Å². The number of ether oxygens (including phenoxy) is 1. The second-order valence-corrected chi connectivity index (χ2v) is 9.00. The van der Waals surface area contributed by atoms with Crippen LogP contribution < -0.4 is 10.2 Å². The van der Waals surface area contributed by atoms with Crippen molar-refractivity contribution in [2.75, 3.05) is 13.7 Å². The zero-order valence-electron chi connectivity index (χ0n) is 16.9. The van der Waals surface area contributed by atoms with Crippen LogP contribution in [0.25, 0.3) is 0 Å². The van der Waals surface area contributed by atoms with Gasteiger partial charge in [0, 0.05) is 6.54 Å². The average Bonchev–Trinajstić information content (AvgIpc) is 2.79. The first-order valence-corrected chi connectivity index (χ1v) is 11.1. The molecule has 2 atom stereocenters. The van der Waals surface area contributed by atoms with Crippen molar-refractivity contribution in [3.63, 3.8) is 0 Å². The Balaban J connectivity index is 1.77. The number of rotatable bonds is 8. The highest BCUT2D eigenvalue weighted by Gasteiger charge is 2.42. The van der Waals surface area contributed by atoms with Crippen LogP contribution in [-0.4, -0.2) is 49.4 Å². The van der Waals surface area contributed by atoms with Crippen LogP contribution in [0.5, 0.6) is 5.75 Å². The molecule has 0 aliphatic carbocycles. The number of amides is 1. The molecule has 0 unspecified atom stereocenters. The van der Waals surface area contributed by atoms with Crippen LogP contribution in [-0.2, 0) is 31.1 Å². The molecule has 1 heterocycles. The minimum Gasteiger partial charge on any atom is -0.497 e. The van der Waals surface area contributed by atoms with E-state index >= 15 is 0 Å². The van der Waals surface area contributed by atoms with Gasteiger partial charge in [-0.05, 0) is 42.7 Å². The number of carboxylic acids is 1. The Morgan fingerprint density at radius 1 is 1.13 bits per heavy atom. The van der Waals surface area contributed by atoms with Crippen molar-refractivity contribution in [3.05, 3.63) is 60.2 Å². The molecule has 0 saturated carbocycles. The summed E-state index contributed by atoms with van der Waals surface area (Å²) in [4.78, 5) is 29.5. The number of aliphatic carboxylic acids is 1. The van der Waals surface area contributed by atoms with Crippen LogP contribution in [0.2, 0.25) is 0 Å². The minimum atomic E-state index is -4.04. The van der Waals surface area contributed by atoms with Gasteiger partial charge in [0.1, 0.15) is 11.8 Å². The molecule has 3 rings (SSSR count). The summed E-state index contributed by atoms with van der Waals surface area (Å²) >= 11 is 0. The Hall–Kier alpha value is -2.95. The van der Waals surface area contributed by atoms with E-state index in [1.807, 2.05) is 30.3 Å². The highest BCUT2D eigenvalue weighted by molar-refractivity contribution is 7.89. The zero-order valence-corrected chi connectivity index (χ0v) is 17.7. The molecule has 0 radical (unpaired) electrons. The van der Waals surface area contributed by atoms with Gasteiger partial charge in [-0.1, -0.05) is 30.3 Å². The molecule has 1 amide bonds. The third-order valence-electron chi connectivity index (χ3n) is 5.13. The zero-order chi connectivity index (χ0) is 22.4. The number of hydroxylamine groups is 1. The Bertz CT molecular complexity index is 1010. The van der Waals surface area contributed by atoms with Crippen LogP contribution in [0.15, 0.2) is 59.5 Å². The van der Waals surface area contributed by atoms with Gasteiger partial charge in [-0.3, -0.25) is 14.4 Å². The Morgan fingerprint density at radius 2 is 1.81 bits per heavy atom. The fraction of sp³-hybridized carbons (Fsp3) is 0.333. The van der Waals surface area contributed by atoms with Gasteiger partial charge >= 0.3 is 5.97 Å². The number of hydrogen-bond donors (Lipinski definition) is 2. The lowest BCUT2D eigenvalue weighted by molar-refractivity contribution is -0.146. The van der Waals surface area contributed by atoms with E-state index in [-0.39, 0.29) is 30.9 Å². The summed E-state index contributed by atoms with van der Waals surface area (Å²) in [5, 5.41) is 9.38. The van der Waals surface area contributed by atoms with Gasteiger partial charge in [-0.2, -0.15) is 4.31 Å². The van der Waals surface area contributed by atoms with Gasteiger partial charge in [0.25, 0.3) is 5.91 Å². The maximum absolute atomic E-state index is 13.2. The quantitative estimate of drug-likeness (QED) is 0.591.